The predicted octanol–water partition coefficient (Wildman–Crippen LogP) is 1.88. The largest absolute Gasteiger partial charge is 0.493 e. The highest BCUT2D eigenvalue weighted by Crippen LogP contribution is 2.26. The molecule has 1 unspecified atom stereocenters. The maximum Gasteiger partial charge on any atom is 0.269 e. The Bertz CT molecular complexity index is 636. The standard InChI is InChI=1S/C16H19N3O2/c1-2-19-14(7-8-18-19)16(20)17-10-12-9-13-5-3-4-6-15(13)21-11-12/h3-8,12H,2,9-11H2,1H3,(H,17,20). The van der Waals surface area contributed by atoms with Crippen molar-refractivity contribution in [2.45, 2.75) is 19.9 Å². The fourth-order valence-corrected chi connectivity index (χ4v) is 2.63. The zero-order chi connectivity index (χ0) is 14.7. The van der Waals surface area contributed by atoms with Crippen molar-refractivity contribution in [1.82, 2.24) is 15.1 Å². The van der Waals surface area contributed by atoms with Gasteiger partial charge in [-0.25, -0.2) is 0 Å². The number of rotatable bonds is 4. The van der Waals surface area contributed by atoms with Crippen LogP contribution in [0.1, 0.15) is 23.0 Å². The summed E-state index contributed by atoms with van der Waals surface area (Å²) < 4.78 is 7.43. The lowest BCUT2D eigenvalue weighted by atomic mass is 9.97. The van der Waals surface area contributed by atoms with Crippen molar-refractivity contribution in [2.24, 2.45) is 5.92 Å². The molecule has 21 heavy (non-hydrogen) atoms. The van der Waals surface area contributed by atoms with Crippen LogP contribution in [0.2, 0.25) is 0 Å². The van der Waals surface area contributed by atoms with E-state index in [4.69, 9.17) is 4.74 Å². The molecule has 0 aliphatic carbocycles. The maximum atomic E-state index is 12.2. The van der Waals surface area contributed by atoms with Crippen molar-refractivity contribution in [3.05, 3.63) is 47.8 Å². The summed E-state index contributed by atoms with van der Waals surface area (Å²) >= 11 is 0. The Labute approximate surface area is 123 Å². The minimum Gasteiger partial charge on any atom is -0.493 e. The number of amides is 1. The Balaban J connectivity index is 1.58. The third-order valence-corrected chi connectivity index (χ3v) is 3.76. The summed E-state index contributed by atoms with van der Waals surface area (Å²) in [7, 11) is 0. The van der Waals surface area contributed by atoms with Crippen molar-refractivity contribution in [2.75, 3.05) is 13.2 Å². The van der Waals surface area contributed by atoms with Gasteiger partial charge in [0.15, 0.2) is 0 Å². The van der Waals surface area contributed by atoms with Crippen LogP contribution in [0.4, 0.5) is 0 Å². The highest BCUT2D eigenvalue weighted by atomic mass is 16.5. The van der Waals surface area contributed by atoms with Crippen LogP contribution in [0.5, 0.6) is 5.75 Å². The van der Waals surface area contributed by atoms with Crippen molar-refractivity contribution in [3.63, 3.8) is 0 Å². The Morgan fingerprint density at radius 2 is 2.29 bits per heavy atom. The zero-order valence-electron chi connectivity index (χ0n) is 12.1. The van der Waals surface area contributed by atoms with Gasteiger partial charge in [0, 0.05) is 25.2 Å². The second kappa shape index (κ2) is 5.99. The second-order valence-corrected chi connectivity index (χ2v) is 5.23. The summed E-state index contributed by atoms with van der Waals surface area (Å²) in [5.74, 6) is 1.19. The summed E-state index contributed by atoms with van der Waals surface area (Å²) in [4.78, 5) is 12.2. The van der Waals surface area contributed by atoms with E-state index in [9.17, 15) is 4.79 Å². The van der Waals surface area contributed by atoms with Gasteiger partial charge in [-0.3, -0.25) is 9.48 Å². The lowest BCUT2D eigenvalue weighted by Crippen LogP contribution is -2.35. The van der Waals surface area contributed by atoms with Crippen molar-refractivity contribution < 1.29 is 9.53 Å². The molecule has 0 radical (unpaired) electrons. The lowest BCUT2D eigenvalue weighted by Gasteiger charge is -2.25. The minimum atomic E-state index is -0.0757. The first-order valence-corrected chi connectivity index (χ1v) is 7.28. The lowest BCUT2D eigenvalue weighted by molar-refractivity contribution is 0.0928. The third kappa shape index (κ3) is 2.91. The molecule has 5 heteroatoms. The van der Waals surface area contributed by atoms with E-state index in [0.717, 1.165) is 12.2 Å². The Hall–Kier alpha value is -2.30. The van der Waals surface area contributed by atoms with E-state index in [0.29, 0.717) is 31.3 Å². The number of nitrogens with zero attached hydrogens (tertiary/aromatic N) is 2. The van der Waals surface area contributed by atoms with Crippen LogP contribution in [0.25, 0.3) is 0 Å². The molecular weight excluding hydrogens is 266 g/mol. The summed E-state index contributed by atoms with van der Waals surface area (Å²) in [6, 6.07) is 9.81. The molecule has 1 aliphatic rings. The Kier molecular flexibility index (Phi) is 3.90. The maximum absolute atomic E-state index is 12.2. The number of para-hydroxylation sites is 1. The molecular formula is C16H19N3O2. The van der Waals surface area contributed by atoms with Crippen molar-refractivity contribution in [1.29, 1.82) is 0 Å². The molecule has 0 saturated heterocycles. The van der Waals surface area contributed by atoms with E-state index < -0.39 is 0 Å². The molecule has 1 N–H and O–H groups in total. The molecule has 0 saturated carbocycles. The minimum absolute atomic E-state index is 0.0757. The summed E-state index contributed by atoms with van der Waals surface area (Å²) in [5.41, 5.74) is 1.82. The normalized spacial score (nSPS) is 16.9. The first kappa shape index (κ1) is 13.7. The fourth-order valence-electron chi connectivity index (χ4n) is 2.63. The van der Waals surface area contributed by atoms with Gasteiger partial charge in [-0.1, -0.05) is 18.2 Å². The molecule has 1 aromatic carbocycles. The number of ether oxygens (including phenoxy) is 1. The average molecular weight is 285 g/mol. The number of carbonyl (C=O) groups is 1. The highest BCUT2D eigenvalue weighted by Gasteiger charge is 2.20. The van der Waals surface area contributed by atoms with Gasteiger partial charge in [-0.2, -0.15) is 5.10 Å². The molecule has 5 nitrogen and oxygen atoms in total. The molecule has 1 aromatic heterocycles. The van der Waals surface area contributed by atoms with Crippen LogP contribution >= 0.6 is 0 Å². The smallest absolute Gasteiger partial charge is 0.269 e. The molecule has 0 bridgehead atoms. The number of fused-ring (bicyclic) bond motifs is 1. The van der Waals surface area contributed by atoms with Gasteiger partial charge in [0.05, 0.1) is 6.61 Å². The number of carbonyl (C=O) groups excluding carboxylic acids is 1. The van der Waals surface area contributed by atoms with Gasteiger partial charge in [-0.05, 0) is 31.0 Å². The van der Waals surface area contributed by atoms with Crippen LogP contribution in [0.3, 0.4) is 0 Å². The fraction of sp³-hybridized carbons (Fsp3) is 0.375. The quantitative estimate of drug-likeness (QED) is 0.933. The SMILES string of the molecule is CCn1nccc1C(=O)NCC1COc2ccccc2C1. The molecule has 0 fully saturated rings. The van der Waals surface area contributed by atoms with Gasteiger partial charge in [0.1, 0.15) is 11.4 Å². The Morgan fingerprint density at radius 3 is 3.14 bits per heavy atom. The highest BCUT2D eigenvalue weighted by molar-refractivity contribution is 5.92. The van der Waals surface area contributed by atoms with E-state index in [1.807, 2.05) is 25.1 Å². The topological polar surface area (TPSA) is 56.2 Å². The molecule has 3 rings (SSSR count). The number of aryl methyl sites for hydroxylation is 1. The molecule has 110 valence electrons. The second-order valence-electron chi connectivity index (χ2n) is 5.23. The van der Waals surface area contributed by atoms with Gasteiger partial charge in [-0.15, -0.1) is 0 Å². The van der Waals surface area contributed by atoms with Gasteiger partial charge < -0.3 is 10.1 Å². The molecule has 2 aromatic rings. The number of aromatic nitrogens is 2. The number of hydrogen-bond acceptors (Lipinski definition) is 3. The first-order valence-electron chi connectivity index (χ1n) is 7.28. The van der Waals surface area contributed by atoms with Crippen LogP contribution in [-0.4, -0.2) is 28.8 Å². The number of nitrogens with one attached hydrogen (secondary N) is 1. The van der Waals surface area contributed by atoms with E-state index in [2.05, 4.69) is 16.5 Å². The van der Waals surface area contributed by atoms with Crippen molar-refractivity contribution >= 4 is 5.91 Å². The molecule has 2 heterocycles. The van der Waals surface area contributed by atoms with Gasteiger partial charge >= 0.3 is 0 Å². The summed E-state index contributed by atoms with van der Waals surface area (Å²) in [6.45, 7) is 3.91. The third-order valence-electron chi connectivity index (χ3n) is 3.76. The molecule has 1 amide bonds. The summed E-state index contributed by atoms with van der Waals surface area (Å²) in [6.07, 6.45) is 2.59. The number of benzene rings is 1. The molecule has 1 atom stereocenters. The van der Waals surface area contributed by atoms with Gasteiger partial charge in [0.25, 0.3) is 5.91 Å². The molecule has 0 spiro atoms. The van der Waals surface area contributed by atoms with E-state index >= 15 is 0 Å². The average Bonchev–Trinajstić information content (AvgIpc) is 3.01. The van der Waals surface area contributed by atoms with Crippen LogP contribution in [0, 0.1) is 5.92 Å². The molecule has 1 aliphatic heterocycles. The predicted molar refractivity (Wildman–Crippen MR) is 79.4 cm³/mol. The summed E-state index contributed by atoms with van der Waals surface area (Å²) in [5, 5.41) is 7.09. The van der Waals surface area contributed by atoms with E-state index in [-0.39, 0.29) is 5.91 Å². The monoisotopic (exact) mass is 285 g/mol. The Morgan fingerprint density at radius 1 is 1.43 bits per heavy atom. The van der Waals surface area contributed by atoms with Crippen LogP contribution in [0.15, 0.2) is 36.5 Å². The zero-order valence-corrected chi connectivity index (χ0v) is 12.1. The van der Waals surface area contributed by atoms with Gasteiger partial charge in [0.2, 0.25) is 0 Å². The van der Waals surface area contributed by atoms with Crippen LogP contribution < -0.4 is 10.1 Å². The van der Waals surface area contributed by atoms with E-state index in [1.54, 1.807) is 16.9 Å². The van der Waals surface area contributed by atoms with Crippen molar-refractivity contribution in [3.8, 4) is 5.75 Å². The van der Waals surface area contributed by atoms with E-state index in [1.165, 1.54) is 5.56 Å². The number of hydrogen-bond donors (Lipinski definition) is 1. The first-order chi connectivity index (χ1) is 10.3. The van der Waals surface area contributed by atoms with Crippen LogP contribution in [-0.2, 0) is 13.0 Å².